The number of ether oxygens (including phenoxy) is 1. The first-order valence-corrected chi connectivity index (χ1v) is 9.61. The van der Waals surface area contributed by atoms with Gasteiger partial charge in [-0.2, -0.15) is 0 Å². The van der Waals surface area contributed by atoms with Gasteiger partial charge in [-0.1, -0.05) is 18.2 Å². The van der Waals surface area contributed by atoms with E-state index >= 15 is 0 Å². The van der Waals surface area contributed by atoms with E-state index in [4.69, 9.17) is 4.74 Å². The second-order valence-electron chi connectivity index (χ2n) is 7.08. The van der Waals surface area contributed by atoms with Crippen LogP contribution in [0.3, 0.4) is 0 Å². The van der Waals surface area contributed by atoms with Crippen molar-refractivity contribution in [3.8, 4) is 5.75 Å². The third kappa shape index (κ3) is 3.91. The number of imide groups is 1. The fraction of sp³-hybridized carbons (Fsp3) is 0.0870. The van der Waals surface area contributed by atoms with E-state index in [1.165, 1.54) is 24.3 Å². The van der Waals surface area contributed by atoms with Gasteiger partial charge in [-0.25, -0.2) is 4.90 Å². The Labute approximate surface area is 182 Å². The average molecular weight is 431 g/mol. The first kappa shape index (κ1) is 20.7. The molecule has 0 atom stereocenters. The predicted molar refractivity (Wildman–Crippen MR) is 116 cm³/mol. The minimum absolute atomic E-state index is 0.0186. The van der Waals surface area contributed by atoms with Crippen molar-refractivity contribution in [1.29, 1.82) is 0 Å². The number of hydrogen-bond acceptors (Lipinski definition) is 6. The zero-order valence-electron chi connectivity index (χ0n) is 16.9. The van der Waals surface area contributed by atoms with Gasteiger partial charge in [0.15, 0.2) is 6.61 Å². The summed E-state index contributed by atoms with van der Waals surface area (Å²) in [6, 6.07) is 17.0. The van der Waals surface area contributed by atoms with Crippen molar-refractivity contribution in [1.82, 2.24) is 0 Å². The number of nitrogens with one attached hydrogen (secondary N) is 1. The molecule has 0 unspecified atom stereocenters. The molecule has 0 saturated carbocycles. The summed E-state index contributed by atoms with van der Waals surface area (Å²) in [5, 5.41) is 13.6. The lowest BCUT2D eigenvalue weighted by atomic mass is 10.1. The van der Waals surface area contributed by atoms with Gasteiger partial charge in [0.05, 0.1) is 21.7 Å². The molecular formula is C23H17N3O6. The Bertz CT molecular complexity index is 1250. The van der Waals surface area contributed by atoms with Crippen LogP contribution in [-0.4, -0.2) is 29.3 Å². The first-order chi connectivity index (χ1) is 15.3. The number of non-ortho nitro benzene ring substituents is 1. The lowest BCUT2D eigenvalue weighted by Crippen LogP contribution is -2.29. The Balaban J connectivity index is 1.44. The van der Waals surface area contributed by atoms with Crippen molar-refractivity contribution in [3.63, 3.8) is 0 Å². The monoisotopic (exact) mass is 431 g/mol. The van der Waals surface area contributed by atoms with E-state index in [1.54, 1.807) is 18.2 Å². The Morgan fingerprint density at radius 3 is 2.38 bits per heavy atom. The van der Waals surface area contributed by atoms with E-state index in [9.17, 15) is 24.5 Å². The number of nitrogens with zero attached hydrogens (tertiary/aromatic N) is 2. The van der Waals surface area contributed by atoms with Crippen LogP contribution >= 0.6 is 0 Å². The van der Waals surface area contributed by atoms with Gasteiger partial charge in [-0.3, -0.25) is 24.5 Å². The molecule has 0 aliphatic carbocycles. The maximum absolute atomic E-state index is 12.7. The number of amides is 3. The van der Waals surface area contributed by atoms with Crippen molar-refractivity contribution in [3.05, 3.63) is 93.5 Å². The molecule has 1 aliphatic rings. The van der Waals surface area contributed by atoms with E-state index in [0.717, 1.165) is 16.5 Å². The number of fused-ring (bicyclic) bond motifs is 1. The van der Waals surface area contributed by atoms with Crippen molar-refractivity contribution in [2.24, 2.45) is 0 Å². The SMILES string of the molecule is Cc1ccccc1OCC(=O)Nc1ccc(N2C(=O)c3ccc([N+](=O)[O-])cc3C2=O)cc1. The van der Waals surface area contributed by atoms with E-state index < -0.39 is 16.7 Å². The molecule has 3 aromatic rings. The summed E-state index contributed by atoms with van der Waals surface area (Å²) in [5.41, 5.74) is 1.47. The number of nitro groups is 1. The molecule has 0 bridgehead atoms. The van der Waals surface area contributed by atoms with Gasteiger partial charge in [0, 0.05) is 17.8 Å². The molecule has 3 aromatic carbocycles. The minimum atomic E-state index is -0.642. The van der Waals surface area contributed by atoms with Gasteiger partial charge in [0.1, 0.15) is 5.75 Å². The molecule has 32 heavy (non-hydrogen) atoms. The lowest BCUT2D eigenvalue weighted by molar-refractivity contribution is -0.384. The van der Waals surface area contributed by atoms with Crippen molar-refractivity contribution >= 4 is 34.8 Å². The summed E-state index contributed by atoms with van der Waals surface area (Å²) in [6.45, 7) is 1.70. The van der Waals surface area contributed by atoms with E-state index in [0.29, 0.717) is 11.4 Å². The van der Waals surface area contributed by atoms with Crippen molar-refractivity contribution in [2.45, 2.75) is 6.92 Å². The van der Waals surface area contributed by atoms with E-state index in [2.05, 4.69) is 5.32 Å². The zero-order valence-corrected chi connectivity index (χ0v) is 16.9. The molecule has 3 amide bonds. The number of anilines is 2. The standard InChI is InChI=1S/C23H17N3O6/c1-14-4-2-3-5-20(14)32-13-21(27)24-15-6-8-16(9-7-15)25-22(28)18-11-10-17(26(30)31)12-19(18)23(25)29/h2-12H,13H2,1H3,(H,24,27). The number of nitro benzene ring substituents is 1. The quantitative estimate of drug-likeness (QED) is 0.361. The summed E-state index contributed by atoms with van der Waals surface area (Å²) in [6.07, 6.45) is 0. The number of carbonyl (C=O) groups is 3. The second-order valence-corrected chi connectivity index (χ2v) is 7.08. The molecule has 0 spiro atoms. The van der Waals surface area contributed by atoms with Gasteiger partial charge in [0.25, 0.3) is 23.4 Å². The predicted octanol–water partition coefficient (Wildman–Crippen LogP) is 3.72. The van der Waals surface area contributed by atoms with Crippen LogP contribution in [0.25, 0.3) is 0 Å². The van der Waals surface area contributed by atoms with Gasteiger partial charge in [-0.15, -0.1) is 0 Å². The Hall–Kier alpha value is -4.53. The second kappa shape index (κ2) is 8.31. The molecule has 4 rings (SSSR count). The third-order valence-electron chi connectivity index (χ3n) is 4.94. The highest BCUT2D eigenvalue weighted by Gasteiger charge is 2.37. The molecule has 160 valence electrons. The van der Waals surface area contributed by atoms with Gasteiger partial charge >= 0.3 is 0 Å². The Kier molecular flexibility index (Phi) is 5.38. The lowest BCUT2D eigenvalue weighted by Gasteiger charge is -2.14. The van der Waals surface area contributed by atoms with Crippen LogP contribution in [0.4, 0.5) is 17.1 Å². The number of carbonyl (C=O) groups excluding carboxylic acids is 3. The zero-order chi connectivity index (χ0) is 22.8. The van der Waals surface area contributed by atoms with Gasteiger partial charge in [0.2, 0.25) is 0 Å². The Morgan fingerprint density at radius 2 is 1.69 bits per heavy atom. The molecule has 1 N–H and O–H groups in total. The molecular weight excluding hydrogens is 414 g/mol. The summed E-state index contributed by atoms with van der Waals surface area (Å²) in [7, 11) is 0. The summed E-state index contributed by atoms with van der Waals surface area (Å²) in [5.74, 6) is -0.960. The summed E-state index contributed by atoms with van der Waals surface area (Å²) in [4.78, 5) is 48.8. The topological polar surface area (TPSA) is 119 Å². The fourth-order valence-corrected chi connectivity index (χ4v) is 3.33. The highest BCUT2D eigenvalue weighted by Crippen LogP contribution is 2.31. The highest BCUT2D eigenvalue weighted by atomic mass is 16.6. The van der Waals surface area contributed by atoms with E-state index in [-0.39, 0.29) is 35.0 Å². The fourth-order valence-electron chi connectivity index (χ4n) is 3.33. The molecule has 0 radical (unpaired) electrons. The molecule has 0 fully saturated rings. The van der Waals surface area contributed by atoms with Crippen LogP contribution in [0.2, 0.25) is 0 Å². The largest absolute Gasteiger partial charge is 0.483 e. The molecule has 9 nitrogen and oxygen atoms in total. The van der Waals surface area contributed by atoms with Crippen LogP contribution in [0, 0.1) is 17.0 Å². The maximum atomic E-state index is 12.7. The maximum Gasteiger partial charge on any atom is 0.270 e. The van der Waals surface area contributed by atoms with Crippen LogP contribution in [0.1, 0.15) is 26.3 Å². The number of hydrogen-bond donors (Lipinski definition) is 1. The summed E-state index contributed by atoms with van der Waals surface area (Å²) < 4.78 is 5.51. The third-order valence-corrected chi connectivity index (χ3v) is 4.94. The van der Waals surface area contributed by atoms with Crippen LogP contribution in [0.15, 0.2) is 66.7 Å². The van der Waals surface area contributed by atoms with Gasteiger partial charge in [-0.05, 0) is 48.9 Å². The number of aryl methyl sites for hydroxylation is 1. The molecule has 0 aromatic heterocycles. The first-order valence-electron chi connectivity index (χ1n) is 9.61. The normalized spacial score (nSPS) is 12.5. The van der Waals surface area contributed by atoms with Crippen molar-refractivity contribution < 1.29 is 24.0 Å². The summed E-state index contributed by atoms with van der Waals surface area (Å²) >= 11 is 0. The molecule has 1 heterocycles. The molecule has 1 aliphatic heterocycles. The van der Waals surface area contributed by atoms with Crippen LogP contribution in [0.5, 0.6) is 5.75 Å². The average Bonchev–Trinajstić information content (AvgIpc) is 3.03. The number of para-hydroxylation sites is 1. The van der Waals surface area contributed by atoms with E-state index in [1.807, 2.05) is 25.1 Å². The van der Waals surface area contributed by atoms with Gasteiger partial charge < -0.3 is 10.1 Å². The highest BCUT2D eigenvalue weighted by molar-refractivity contribution is 6.34. The Morgan fingerprint density at radius 1 is 1.00 bits per heavy atom. The van der Waals surface area contributed by atoms with Crippen LogP contribution in [-0.2, 0) is 4.79 Å². The number of rotatable bonds is 6. The minimum Gasteiger partial charge on any atom is -0.483 e. The van der Waals surface area contributed by atoms with Crippen LogP contribution < -0.4 is 15.0 Å². The molecule has 0 saturated heterocycles. The van der Waals surface area contributed by atoms with Crippen molar-refractivity contribution in [2.75, 3.05) is 16.8 Å². The molecule has 9 heteroatoms. The smallest absolute Gasteiger partial charge is 0.270 e. The number of benzene rings is 3.